The quantitative estimate of drug-likeness (QED) is 0.172. The predicted molar refractivity (Wildman–Crippen MR) is 188 cm³/mol. The molecule has 0 heterocycles. The van der Waals surface area contributed by atoms with Crippen molar-refractivity contribution in [3.05, 3.63) is 130 Å². The topological polar surface area (TPSA) is 86.8 Å². The lowest BCUT2D eigenvalue weighted by atomic mass is 9.94. The van der Waals surface area contributed by atoms with Gasteiger partial charge in [0.25, 0.3) is 10.0 Å². The van der Waals surface area contributed by atoms with Crippen molar-refractivity contribution in [3.8, 4) is 0 Å². The van der Waals surface area contributed by atoms with Gasteiger partial charge in [-0.15, -0.1) is 0 Å². The van der Waals surface area contributed by atoms with Gasteiger partial charge >= 0.3 is 0 Å². The van der Waals surface area contributed by atoms with Crippen molar-refractivity contribution in [2.24, 2.45) is 0 Å². The zero-order valence-electron chi connectivity index (χ0n) is 26.9. The Morgan fingerprint density at radius 2 is 1.49 bits per heavy atom. The molecule has 47 heavy (non-hydrogen) atoms. The molecule has 4 aromatic carbocycles. The van der Waals surface area contributed by atoms with Crippen molar-refractivity contribution in [1.29, 1.82) is 0 Å². The first-order chi connectivity index (χ1) is 22.6. The smallest absolute Gasteiger partial charge is 0.264 e. The summed E-state index contributed by atoms with van der Waals surface area (Å²) in [7, 11) is -4.15. The molecule has 0 aromatic heterocycles. The summed E-state index contributed by atoms with van der Waals surface area (Å²) in [6.45, 7) is 3.37. The number of amides is 2. The summed E-state index contributed by atoms with van der Waals surface area (Å²) in [6.07, 6.45) is 5.29. The van der Waals surface area contributed by atoms with E-state index in [4.69, 9.17) is 11.6 Å². The maximum absolute atomic E-state index is 14.7. The predicted octanol–water partition coefficient (Wildman–Crippen LogP) is 7.24. The molecule has 0 radical (unpaired) electrons. The van der Waals surface area contributed by atoms with E-state index in [2.05, 4.69) is 5.32 Å². The lowest BCUT2D eigenvalue weighted by molar-refractivity contribution is -0.140. The van der Waals surface area contributed by atoms with E-state index in [9.17, 15) is 18.0 Å². The van der Waals surface area contributed by atoms with E-state index >= 15 is 0 Å². The summed E-state index contributed by atoms with van der Waals surface area (Å²) in [6, 6.07) is 29.6. The van der Waals surface area contributed by atoms with Crippen LogP contribution in [0.3, 0.4) is 0 Å². The van der Waals surface area contributed by atoms with E-state index in [0.29, 0.717) is 10.7 Å². The van der Waals surface area contributed by atoms with Gasteiger partial charge in [0.05, 0.1) is 10.6 Å². The Bertz CT molecular complexity index is 1760. The first kappa shape index (κ1) is 34.2. The third-order valence-electron chi connectivity index (χ3n) is 8.67. The van der Waals surface area contributed by atoms with E-state index in [-0.39, 0.29) is 29.8 Å². The number of sulfonamides is 1. The second kappa shape index (κ2) is 15.6. The maximum atomic E-state index is 14.7. The Morgan fingerprint density at radius 3 is 2.15 bits per heavy atom. The van der Waals surface area contributed by atoms with Gasteiger partial charge in [0.2, 0.25) is 11.8 Å². The fourth-order valence-electron chi connectivity index (χ4n) is 6.03. The van der Waals surface area contributed by atoms with Crippen molar-refractivity contribution < 1.29 is 18.0 Å². The molecule has 0 bridgehead atoms. The number of carbonyl (C=O) groups excluding carboxylic acids is 2. The first-order valence-corrected chi connectivity index (χ1v) is 18.0. The summed E-state index contributed by atoms with van der Waals surface area (Å²) in [5.74, 6) is -0.733. The molecule has 4 aromatic rings. The summed E-state index contributed by atoms with van der Waals surface area (Å²) in [4.78, 5) is 30.5. The van der Waals surface area contributed by atoms with Crippen LogP contribution in [0.25, 0.3) is 0 Å². The van der Waals surface area contributed by atoms with E-state index in [1.54, 1.807) is 54.6 Å². The molecule has 0 saturated heterocycles. The van der Waals surface area contributed by atoms with Gasteiger partial charge in [-0.1, -0.05) is 103 Å². The molecule has 1 N–H and O–H groups in total. The molecule has 0 unspecified atom stereocenters. The van der Waals surface area contributed by atoms with Crippen LogP contribution in [0, 0.1) is 13.8 Å². The number of nitrogens with one attached hydrogen (secondary N) is 1. The van der Waals surface area contributed by atoms with Gasteiger partial charge in [0.1, 0.15) is 12.6 Å². The van der Waals surface area contributed by atoms with Gasteiger partial charge in [-0.25, -0.2) is 8.42 Å². The number of benzene rings is 4. The molecule has 1 fully saturated rings. The summed E-state index contributed by atoms with van der Waals surface area (Å²) in [5, 5.41) is 3.79. The highest BCUT2D eigenvalue weighted by atomic mass is 35.5. The molecule has 1 aliphatic carbocycles. The third kappa shape index (κ3) is 9.02. The number of aryl methyl sites for hydroxylation is 2. The molecule has 9 heteroatoms. The molecule has 1 saturated carbocycles. The number of carbonyl (C=O) groups is 2. The molecule has 0 spiro atoms. The number of rotatable bonds is 12. The zero-order chi connectivity index (χ0) is 33.4. The van der Waals surface area contributed by atoms with Gasteiger partial charge in [-0.05, 0) is 79.8 Å². The number of halogens is 1. The van der Waals surface area contributed by atoms with Crippen LogP contribution in [0.4, 0.5) is 5.69 Å². The van der Waals surface area contributed by atoms with Crippen LogP contribution >= 0.6 is 11.6 Å². The van der Waals surface area contributed by atoms with Crippen LogP contribution in [0.1, 0.15) is 54.4 Å². The lowest BCUT2D eigenvalue weighted by Crippen LogP contribution is -2.55. The Labute approximate surface area is 283 Å². The molecule has 1 atom stereocenters. The fourth-order valence-corrected chi connectivity index (χ4v) is 7.57. The Morgan fingerprint density at radius 1 is 0.809 bits per heavy atom. The second-order valence-corrected chi connectivity index (χ2v) is 14.7. The van der Waals surface area contributed by atoms with Crippen molar-refractivity contribution in [2.45, 2.75) is 75.9 Å². The zero-order valence-corrected chi connectivity index (χ0v) is 28.5. The van der Waals surface area contributed by atoms with Crippen LogP contribution in [0.2, 0.25) is 5.02 Å². The average Bonchev–Trinajstić information content (AvgIpc) is 3.07. The van der Waals surface area contributed by atoms with E-state index < -0.39 is 28.5 Å². The minimum Gasteiger partial charge on any atom is -0.352 e. The molecular formula is C38H42ClN3O4S. The highest BCUT2D eigenvalue weighted by Gasteiger charge is 2.35. The van der Waals surface area contributed by atoms with Crippen molar-refractivity contribution >= 4 is 39.1 Å². The second-order valence-electron chi connectivity index (χ2n) is 12.4. The fraction of sp³-hybridized carbons (Fsp3) is 0.316. The molecule has 246 valence electrons. The van der Waals surface area contributed by atoms with Crippen LogP contribution in [0.15, 0.2) is 108 Å². The normalized spacial score (nSPS) is 14.3. The molecule has 5 rings (SSSR count). The van der Waals surface area contributed by atoms with Crippen LogP contribution in [0.5, 0.6) is 0 Å². The highest BCUT2D eigenvalue weighted by Crippen LogP contribution is 2.27. The van der Waals surface area contributed by atoms with Gasteiger partial charge < -0.3 is 10.2 Å². The van der Waals surface area contributed by atoms with Crippen LogP contribution in [-0.4, -0.2) is 43.8 Å². The minimum absolute atomic E-state index is 0.0349. The Hall–Kier alpha value is -4.14. The molecule has 7 nitrogen and oxygen atoms in total. The Kier molecular flexibility index (Phi) is 11.4. The molecule has 1 aliphatic rings. The van der Waals surface area contributed by atoms with Crippen LogP contribution < -0.4 is 9.62 Å². The third-order valence-corrected chi connectivity index (χ3v) is 10.7. The molecule has 2 amide bonds. The summed E-state index contributed by atoms with van der Waals surface area (Å²) < 4.78 is 29.6. The number of nitrogens with zero attached hydrogens (tertiary/aromatic N) is 2. The minimum atomic E-state index is -4.15. The summed E-state index contributed by atoms with van der Waals surface area (Å²) >= 11 is 6.19. The number of hydrogen-bond donors (Lipinski definition) is 1. The van der Waals surface area contributed by atoms with Gasteiger partial charge in [0, 0.05) is 24.0 Å². The van der Waals surface area contributed by atoms with Gasteiger partial charge in [0.15, 0.2) is 0 Å². The lowest BCUT2D eigenvalue weighted by Gasteiger charge is -2.35. The molecule has 0 aliphatic heterocycles. The standard InChI is InChI=1S/C38H42ClN3O4S/c1-28-16-22-35(23-17-28)47(45,46)42(34-15-9-10-29(2)24-34)27-37(43)41(26-31-18-20-32(39)21-19-31)36(25-30-11-5-3-6-12-30)38(44)40-33-13-7-4-8-14-33/h3,5-6,9-12,15-24,33,36H,4,7-8,13-14,25-27H2,1-2H3,(H,40,44)/t36-/m0/s1. The van der Waals surface area contributed by atoms with E-state index in [1.165, 1.54) is 4.90 Å². The average molecular weight is 672 g/mol. The van der Waals surface area contributed by atoms with Gasteiger partial charge in [-0.3, -0.25) is 13.9 Å². The van der Waals surface area contributed by atoms with Gasteiger partial charge in [-0.2, -0.15) is 0 Å². The number of anilines is 1. The van der Waals surface area contributed by atoms with Crippen molar-refractivity contribution in [1.82, 2.24) is 10.2 Å². The van der Waals surface area contributed by atoms with Crippen LogP contribution in [-0.2, 0) is 32.6 Å². The monoisotopic (exact) mass is 671 g/mol. The SMILES string of the molecule is Cc1ccc(S(=O)(=O)N(CC(=O)N(Cc2ccc(Cl)cc2)[C@@H](Cc2ccccc2)C(=O)NC2CCCCC2)c2cccc(C)c2)cc1. The molecular weight excluding hydrogens is 630 g/mol. The maximum Gasteiger partial charge on any atom is 0.264 e. The number of hydrogen-bond acceptors (Lipinski definition) is 4. The van der Waals surface area contributed by atoms with Crippen molar-refractivity contribution in [3.63, 3.8) is 0 Å². The van der Waals surface area contributed by atoms with E-state index in [0.717, 1.165) is 58.7 Å². The first-order valence-electron chi connectivity index (χ1n) is 16.1. The van der Waals surface area contributed by atoms with E-state index in [1.807, 2.05) is 62.4 Å². The van der Waals surface area contributed by atoms with Crippen molar-refractivity contribution in [2.75, 3.05) is 10.8 Å². The highest BCUT2D eigenvalue weighted by molar-refractivity contribution is 7.92. The largest absolute Gasteiger partial charge is 0.352 e. The summed E-state index contributed by atoms with van der Waals surface area (Å²) in [5.41, 5.74) is 3.81. The Balaban J connectivity index is 1.56.